The predicted octanol–water partition coefficient (Wildman–Crippen LogP) is 3.75. The number of hydrogen-bond acceptors (Lipinski definition) is 2. The van der Waals surface area contributed by atoms with Crippen LogP contribution in [-0.2, 0) is 0 Å². The second-order valence-electron chi connectivity index (χ2n) is 5.29. The molecule has 0 radical (unpaired) electrons. The smallest absolute Gasteiger partial charge is 0.150 e. The zero-order chi connectivity index (χ0) is 14.1. The van der Waals surface area contributed by atoms with Gasteiger partial charge in [0.2, 0.25) is 0 Å². The number of rotatable bonds is 3. The van der Waals surface area contributed by atoms with Gasteiger partial charge in [-0.2, -0.15) is 0 Å². The summed E-state index contributed by atoms with van der Waals surface area (Å²) >= 11 is 0. The molecule has 2 heteroatoms. The molecule has 0 amide bonds. The Hall–Kier alpha value is -2.35. The molecule has 0 heterocycles. The predicted molar refractivity (Wildman–Crippen MR) is 83.0 cm³/mol. The molecule has 0 fully saturated rings. The molecule has 100 valence electrons. The van der Waals surface area contributed by atoms with E-state index < -0.39 is 0 Å². The number of carbonyl (C=O) groups excluding carboxylic acids is 1. The Morgan fingerprint density at radius 1 is 1.10 bits per heavy atom. The van der Waals surface area contributed by atoms with Crippen LogP contribution in [0.5, 0.6) is 0 Å². The zero-order valence-corrected chi connectivity index (χ0v) is 11.7. The Balaban J connectivity index is 2.18. The summed E-state index contributed by atoms with van der Waals surface area (Å²) in [5.41, 5.74) is 3.06. The van der Waals surface area contributed by atoms with Gasteiger partial charge in [0.25, 0.3) is 0 Å². The first-order valence-corrected chi connectivity index (χ1v) is 6.74. The van der Waals surface area contributed by atoms with E-state index >= 15 is 0 Å². The van der Waals surface area contributed by atoms with Gasteiger partial charge >= 0.3 is 0 Å². The molecule has 1 unspecified atom stereocenters. The van der Waals surface area contributed by atoms with Crippen molar-refractivity contribution in [1.29, 1.82) is 0 Å². The minimum absolute atomic E-state index is 0.162. The summed E-state index contributed by atoms with van der Waals surface area (Å²) in [4.78, 5) is 13.6. The molecule has 1 atom stereocenters. The maximum absolute atomic E-state index is 11.4. The highest BCUT2D eigenvalue weighted by Gasteiger charge is 2.21. The molecule has 0 saturated heterocycles. The van der Waals surface area contributed by atoms with Crippen LogP contribution in [-0.4, -0.2) is 25.3 Å². The fourth-order valence-corrected chi connectivity index (χ4v) is 2.80. The molecule has 2 aromatic carbocycles. The summed E-state index contributed by atoms with van der Waals surface area (Å²) < 4.78 is 0. The molecule has 0 spiro atoms. The van der Waals surface area contributed by atoms with E-state index in [4.69, 9.17) is 0 Å². The van der Waals surface area contributed by atoms with Gasteiger partial charge in [0.15, 0.2) is 0 Å². The van der Waals surface area contributed by atoms with E-state index in [0.717, 1.165) is 22.8 Å². The average Bonchev–Trinajstić information content (AvgIpc) is 2.95. The van der Waals surface area contributed by atoms with Crippen molar-refractivity contribution in [2.24, 2.45) is 0 Å². The molecule has 0 N–H and O–H groups in total. The summed E-state index contributed by atoms with van der Waals surface area (Å²) in [5, 5.41) is 2.28. The fourth-order valence-electron chi connectivity index (χ4n) is 2.80. The molecular formula is C18H17NO. The van der Waals surface area contributed by atoms with Crippen molar-refractivity contribution < 1.29 is 4.79 Å². The van der Waals surface area contributed by atoms with E-state index in [1.807, 2.05) is 38.4 Å². The van der Waals surface area contributed by atoms with Gasteiger partial charge in [-0.3, -0.25) is 4.79 Å². The lowest BCUT2D eigenvalue weighted by Gasteiger charge is -2.23. The molecule has 2 nitrogen and oxygen atoms in total. The van der Waals surface area contributed by atoms with Crippen molar-refractivity contribution in [3.8, 4) is 0 Å². The normalized spacial score (nSPS) is 17.3. The van der Waals surface area contributed by atoms with Gasteiger partial charge < -0.3 is 4.90 Å². The number of allylic oxidation sites excluding steroid dienone is 3. The highest BCUT2D eigenvalue weighted by atomic mass is 16.1. The van der Waals surface area contributed by atoms with Gasteiger partial charge in [0, 0.05) is 31.3 Å². The van der Waals surface area contributed by atoms with Crippen LogP contribution < -0.4 is 0 Å². The monoisotopic (exact) mass is 263 g/mol. The highest BCUT2D eigenvalue weighted by molar-refractivity contribution is 5.91. The number of aldehydes is 1. The van der Waals surface area contributed by atoms with Crippen LogP contribution in [0.2, 0.25) is 0 Å². The van der Waals surface area contributed by atoms with Crippen molar-refractivity contribution in [1.82, 2.24) is 4.90 Å². The van der Waals surface area contributed by atoms with E-state index in [2.05, 4.69) is 35.3 Å². The lowest BCUT2D eigenvalue weighted by molar-refractivity contribution is 0.112. The number of nitrogens with zero attached hydrogens (tertiary/aromatic N) is 1. The molecule has 2 aromatic rings. The SMILES string of the molecule is CN(C)C1=CC=CC1c1cc2ccccc2cc1C=O. The van der Waals surface area contributed by atoms with E-state index in [-0.39, 0.29) is 5.92 Å². The van der Waals surface area contributed by atoms with E-state index in [0.29, 0.717) is 0 Å². The van der Waals surface area contributed by atoms with Crippen molar-refractivity contribution in [3.63, 3.8) is 0 Å². The van der Waals surface area contributed by atoms with Gasteiger partial charge in [0.05, 0.1) is 0 Å². The van der Waals surface area contributed by atoms with Crippen LogP contribution in [0.3, 0.4) is 0 Å². The van der Waals surface area contributed by atoms with Gasteiger partial charge in [-0.05, 0) is 34.5 Å². The first-order valence-electron chi connectivity index (χ1n) is 6.74. The van der Waals surface area contributed by atoms with Crippen LogP contribution in [0.15, 0.2) is 60.3 Å². The minimum atomic E-state index is 0.162. The first kappa shape index (κ1) is 12.7. The highest BCUT2D eigenvalue weighted by Crippen LogP contribution is 2.34. The third-order valence-electron chi connectivity index (χ3n) is 3.82. The van der Waals surface area contributed by atoms with Crippen molar-refractivity contribution in [3.05, 3.63) is 71.5 Å². The Morgan fingerprint density at radius 2 is 1.80 bits per heavy atom. The molecule has 0 aliphatic heterocycles. The topological polar surface area (TPSA) is 20.3 Å². The summed E-state index contributed by atoms with van der Waals surface area (Å²) in [6.07, 6.45) is 7.27. The van der Waals surface area contributed by atoms with Crippen molar-refractivity contribution in [2.45, 2.75) is 5.92 Å². The second kappa shape index (κ2) is 4.97. The quantitative estimate of drug-likeness (QED) is 0.786. The standard InChI is InChI=1S/C18H17NO/c1-19(2)18-9-5-8-16(18)17-11-14-7-4-3-6-13(14)10-15(17)12-20/h3-12,16H,1-2H3. The van der Waals surface area contributed by atoms with E-state index in [9.17, 15) is 4.79 Å². The third kappa shape index (κ3) is 2.03. The first-order chi connectivity index (χ1) is 9.70. The van der Waals surface area contributed by atoms with Crippen molar-refractivity contribution >= 4 is 17.1 Å². The number of fused-ring (bicyclic) bond motifs is 1. The van der Waals surface area contributed by atoms with Gasteiger partial charge in [-0.15, -0.1) is 0 Å². The van der Waals surface area contributed by atoms with E-state index in [1.54, 1.807) is 0 Å². The van der Waals surface area contributed by atoms with Gasteiger partial charge in [-0.1, -0.05) is 36.4 Å². The van der Waals surface area contributed by atoms with Crippen LogP contribution in [0.4, 0.5) is 0 Å². The van der Waals surface area contributed by atoms with Crippen LogP contribution in [0.25, 0.3) is 10.8 Å². The largest absolute Gasteiger partial charge is 0.380 e. The van der Waals surface area contributed by atoms with Crippen LogP contribution in [0, 0.1) is 0 Å². The minimum Gasteiger partial charge on any atom is -0.380 e. The average molecular weight is 263 g/mol. The van der Waals surface area contributed by atoms with Crippen LogP contribution >= 0.6 is 0 Å². The maximum Gasteiger partial charge on any atom is 0.150 e. The lowest BCUT2D eigenvalue weighted by Crippen LogP contribution is -2.16. The third-order valence-corrected chi connectivity index (χ3v) is 3.82. The zero-order valence-electron chi connectivity index (χ0n) is 11.7. The molecule has 1 aliphatic rings. The van der Waals surface area contributed by atoms with Gasteiger partial charge in [0.1, 0.15) is 6.29 Å². The van der Waals surface area contributed by atoms with Crippen LogP contribution in [0.1, 0.15) is 21.8 Å². The number of hydrogen-bond donors (Lipinski definition) is 0. The summed E-state index contributed by atoms with van der Waals surface area (Å²) in [7, 11) is 4.07. The Bertz CT molecular complexity index is 725. The summed E-state index contributed by atoms with van der Waals surface area (Å²) in [5.74, 6) is 0.162. The molecule has 3 rings (SSSR count). The molecular weight excluding hydrogens is 246 g/mol. The molecule has 0 aromatic heterocycles. The Morgan fingerprint density at radius 3 is 2.45 bits per heavy atom. The molecule has 0 bridgehead atoms. The molecule has 1 aliphatic carbocycles. The molecule has 0 saturated carbocycles. The number of carbonyl (C=O) groups is 1. The summed E-state index contributed by atoms with van der Waals surface area (Å²) in [6.45, 7) is 0. The van der Waals surface area contributed by atoms with Crippen molar-refractivity contribution in [2.75, 3.05) is 14.1 Å². The Kier molecular flexibility index (Phi) is 3.15. The lowest BCUT2D eigenvalue weighted by atomic mass is 9.90. The second-order valence-corrected chi connectivity index (χ2v) is 5.29. The van der Waals surface area contributed by atoms with E-state index in [1.165, 1.54) is 11.1 Å². The molecule has 20 heavy (non-hydrogen) atoms. The maximum atomic E-state index is 11.4. The number of likely N-dealkylation sites (N-methyl/N-ethyl adjacent to an activating group) is 1. The fraction of sp³-hybridized carbons (Fsp3) is 0.167. The number of benzene rings is 2. The summed E-state index contributed by atoms with van der Waals surface area (Å²) in [6, 6.07) is 12.3. The van der Waals surface area contributed by atoms with Gasteiger partial charge in [-0.25, -0.2) is 0 Å². The Labute approximate surface area is 119 Å².